The van der Waals surface area contributed by atoms with E-state index in [1.165, 1.54) is 31.2 Å². The van der Waals surface area contributed by atoms with Crippen molar-refractivity contribution in [2.45, 2.75) is 13.1 Å². The molecule has 0 aliphatic carbocycles. The van der Waals surface area contributed by atoms with Gasteiger partial charge in [-0.2, -0.15) is 28.8 Å². The fourth-order valence-electron chi connectivity index (χ4n) is 2.22. The van der Waals surface area contributed by atoms with Gasteiger partial charge in [0.1, 0.15) is 5.69 Å². The Kier molecular flexibility index (Phi) is 6.38. The maximum atomic E-state index is 12.8. The first-order valence-electron chi connectivity index (χ1n) is 7.89. The molecule has 28 heavy (non-hydrogen) atoms. The molecule has 0 spiro atoms. The number of hydrazine groups is 1. The summed E-state index contributed by atoms with van der Waals surface area (Å²) in [4.78, 5) is 0. The van der Waals surface area contributed by atoms with Crippen molar-refractivity contribution in [3.05, 3.63) is 77.1 Å². The van der Waals surface area contributed by atoms with Crippen LogP contribution in [0.1, 0.15) is 22.5 Å². The predicted octanol–water partition coefficient (Wildman–Crippen LogP) is 3.92. The molecule has 0 radical (unpaired) electrons. The Balaban J connectivity index is 0.000000237. The predicted molar refractivity (Wildman–Crippen MR) is 97.0 cm³/mol. The third-order valence-corrected chi connectivity index (χ3v) is 3.54. The highest BCUT2D eigenvalue weighted by atomic mass is 19.4. The van der Waals surface area contributed by atoms with Crippen molar-refractivity contribution in [2.24, 2.45) is 5.84 Å². The summed E-state index contributed by atoms with van der Waals surface area (Å²) in [5, 5.41) is 20.9. The number of rotatable bonds is 2. The van der Waals surface area contributed by atoms with Crippen LogP contribution in [-0.4, -0.2) is 9.78 Å². The maximum Gasteiger partial charge on any atom is 0.433 e. The molecule has 3 N–H and O–H groups in total. The summed E-state index contributed by atoms with van der Waals surface area (Å²) in [5.41, 5.74) is 4.02. The quantitative estimate of drug-likeness (QED) is 0.515. The van der Waals surface area contributed by atoms with Gasteiger partial charge in [0, 0.05) is 5.69 Å². The molecule has 0 amide bonds. The number of aromatic nitrogens is 2. The molecule has 0 saturated heterocycles. The molecule has 0 aliphatic rings. The minimum absolute atomic E-state index is 0.273. The second-order valence-corrected chi connectivity index (χ2v) is 5.57. The summed E-state index contributed by atoms with van der Waals surface area (Å²) in [6, 6.07) is 17.6. The van der Waals surface area contributed by atoms with Crippen molar-refractivity contribution in [3.63, 3.8) is 0 Å². The summed E-state index contributed by atoms with van der Waals surface area (Å²) < 4.78 is 39.2. The zero-order valence-electron chi connectivity index (χ0n) is 14.7. The van der Waals surface area contributed by atoms with Crippen molar-refractivity contribution < 1.29 is 13.2 Å². The smallest absolute Gasteiger partial charge is 0.324 e. The first-order valence-corrected chi connectivity index (χ1v) is 7.89. The lowest BCUT2D eigenvalue weighted by Crippen LogP contribution is -2.13. The van der Waals surface area contributed by atoms with Crippen LogP contribution in [-0.2, 0) is 6.18 Å². The Bertz CT molecular complexity index is 1010. The SMILES string of the molecule is Cc1cc(C(F)(F)F)n(-c2ccc(C#N)cc2)n1.N#Cc1ccc(NN)cc1. The zero-order valence-corrected chi connectivity index (χ0v) is 14.7. The number of alkyl halides is 3. The number of hydrogen-bond donors (Lipinski definition) is 2. The van der Waals surface area contributed by atoms with E-state index < -0.39 is 11.9 Å². The van der Waals surface area contributed by atoms with Crippen LogP contribution in [0.15, 0.2) is 54.6 Å². The van der Waals surface area contributed by atoms with Crippen molar-refractivity contribution >= 4 is 5.69 Å². The van der Waals surface area contributed by atoms with E-state index in [-0.39, 0.29) is 11.4 Å². The number of nitrogens with zero attached hydrogens (tertiary/aromatic N) is 4. The van der Waals surface area contributed by atoms with Gasteiger partial charge in [0.05, 0.1) is 34.6 Å². The molecule has 142 valence electrons. The molecule has 3 rings (SSSR count). The minimum Gasteiger partial charge on any atom is -0.324 e. The number of aryl methyl sites for hydroxylation is 1. The van der Waals surface area contributed by atoms with E-state index in [9.17, 15) is 13.2 Å². The van der Waals surface area contributed by atoms with Crippen molar-refractivity contribution in [1.29, 1.82) is 10.5 Å². The Labute approximate surface area is 159 Å². The summed E-state index contributed by atoms with van der Waals surface area (Å²) in [5.74, 6) is 5.11. The van der Waals surface area contributed by atoms with Crippen molar-refractivity contribution in [2.75, 3.05) is 5.43 Å². The van der Waals surface area contributed by atoms with Gasteiger partial charge in [-0.25, -0.2) is 4.68 Å². The molecule has 3 aromatic rings. The monoisotopic (exact) mass is 384 g/mol. The van der Waals surface area contributed by atoms with Gasteiger partial charge in [-0.1, -0.05) is 0 Å². The fourth-order valence-corrected chi connectivity index (χ4v) is 2.22. The molecular weight excluding hydrogens is 369 g/mol. The number of halogens is 3. The molecule has 0 unspecified atom stereocenters. The number of nitrogens with two attached hydrogens (primary N) is 1. The summed E-state index contributed by atoms with van der Waals surface area (Å²) in [7, 11) is 0. The first kappa shape index (κ1) is 20.5. The third kappa shape index (κ3) is 5.10. The van der Waals surface area contributed by atoms with E-state index in [4.69, 9.17) is 16.4 Å². The second kappa shape index (κ2) is 8.71. The molecule has 6 nitrogen and oxygen atoms in total. The van der Waals surface area contributed by atoms with Gasteiger partial charge < -0.3 is 5.43 Å². The van der Waals surface area contributed by atoms with Crippen LogP contribution in [0.4, 0.5) is 18.9 Å². The Morgan fingerprint density at radius 1 is 0.964 bits per heavy atom. The molecule has 2 aromatic carbocycles. The molecule has 1 aromatic heterocycles. The highest BCUT2D eigenvalue weighted by Gasteiger charge is 2.35. The Morgan fingerprint density at radius 2 is 1.46 bits per heavy atom. The number of nitrogens with one attached hydrogen (secondary N) is 1. The highest BCUT2D eigenvalue weighted by molar-refractivity contribution is 5.46. The molecule has 1 heterocycles. The Morgan fingerprint density at radius 3 is 1.89 bits per heavy atom. The maximum absolute atomic E-state index is 12.8. The standard InChI is InChI=1S/C12H8F3N3.C7H7N3/c1-8-6-11(12(13,14)15)18(17-8)10-4-2-9(7-16)3-5-10;8-5-6-1-3-7(10-9)4-2-6/h2-6H,1H3;1-4,10H,9H2. The molecule has 0 bridgehead atoms. The van der Waals surface area contributed by atoms with Gasteiger partial charge >= 0.3 is 6.18 Å². The van der Waals surface area contributed by atoms with Gasteiger partial charge in [0.15, 0.2) is 0 Å². The van der Waals surface area contributed by atoms with Crippen molar-refractivity contribution in [1.82, 2.24) is 9.78 Å². The molecule has 9 heteroatoms. The van der Waals surface area contributed by atoms with Gasteiger partial charge in [-0.3, -0.25) is 5.84 Å². The lowest BCUT2D eigenvalue weighted by molar-refractivity contribution is -0.142. The van der Waals surface area contributed by atoms with Crippen LogP contribution in [0.2, 0.25) is 0 Å². The van der Waals surface area contributed by atoms with Crippen LogP contribution >= 0.6 is 0 Å². The van der Waals surface area contributed by atoms with E-state index >= 15 is 0 Å². The highest BCUT2D eigenvalue weighted by Crippen LogP contribution is 2.31. The van der Waals surface area contributed by atoms with Crippen LogP contribution in [0.3, 0.4) is 0 Å². The number of nitrogen functional groups attached to an aromatic ring is 1. The summed E-state index contributed by atoms with van der Waals surface area (Å²) in [6.07, 6.45) is -4.46. The molecular formula is C19H15F3N6. The van der Waals surface area contributed by atoms with E-state index in [2.05, 4.69) is 10.5 Å². The lowest BCUT2D eigenvalue weighted by atomic mass is 10.2. The molecule has 0 saturated carbocycles. The van der Waals surface area contributed by atoms with Gasteiger partial charge in [-0.15, -0.1) is 0 Å². The van der Waals surface area contributed by atoms with E-state index in [1.807, 2.05) is 12.1 Å². The topological polar surface area (TPSA) is 103 Å². The van der Waals surface area contributed by atoms with Crippen LogP contribution in [0.25, 0.3) is 5.69 Å². The average Bonchev–Trinajstić information content (AvgIpc) is 3.11. The number of anilines is 1. The second-order valence-electron chi connectivity index (χ2n) is 5.57. The fraction of sp³-hybridized carbons (Fsp3) is 0.105. The van der Waals surface area contributed by atoms with Gasteiger partial charge in [-0.05, 0) is 61.5 Å². The van der Waals surface area contributed by atoms with Crippen LogP contribution < -0.4 is 11.3 Å². The number of hydrogen-bond acceptors (Lipinski definition) is 5. The minimum atomic E-state index is -4.46. The number of nitriles is 2. The van der Waals surface area contributed by atoms with Crippen LogP contribution in [0, 0.1) is 29.6 Å². The first-order chi connectivity index (χ1) is 13.3. The van der Waals surface area contributed by atoms with Gasteiger partial charge in [0.25, 0.3) is 0 Å². The molecule has 0 aliphatic heterocycles. The van der Waals surface area contributed by atoms with E-state index in [1.54, 1.807) is 24.3 Å². The third-order valence-electron chi connectivity index (χ3n) is 3.54. The van der Waals surface area contributed by atoms with Crippen LogP contribution in [0.5, 0.6) is 0 Å². The Hall–Kier alpha value is -3.82. The summed E-state index contributed by atoms with van der Waals surface area (Å²) in [6.45, 7) is 1.50. The normalized spacial score (nSPS) is 10.2. The average molecular weight is 384 g/mol. The van der Waals surface area contributed by atoms with Crippen molar-refractivity contribution in [3.8, 4) is 17.8 Å². The lowest BCUT2D eigenvalue weighted by Gasteiger charge is -2.09. The number of benzene rings is 2. The molecule has 0 fully saturated rings. The largest absolute Gasteiger partial charge is 0.433 e. The molecule has 0 atom stereocenters. The summed E-state index contributed by atoms with van der Waals surface area (Å²) >= 11 is 0. The van der Waals surface area contributed by atoms with E-state index in [0.717, 1.165) is 16.4 Å². The van der Waals surface area contributed by atoms with Gasteiger partial charge in [0.2, 0.25) is 0 Å². The van der Waals surface area contributed by atoms with E-state index in [0.29, 0.717) is 11.1 Å². The zero-order chi connectivity index (χ0) is 20.7.